The first-order chi connectivity index (χ1) is 6.20. The number of nitrogens with two attached hydrogens (primary N) is 2. The first kappa shape index (κ1) is 9.05. The van der Waals surface area contributed by atoms with Crippen molar-refractivity contribution >= 4 is 11.9 Å². The fourth-order valence-electron chi connectivity index (χ4n) is 0.721. The smallest absolute Gasteiger partial charge is 0.365 e. The van der Waals surface area contributed by atoms with Crippen molar-refractivity contribution in [1.29, 1.82) is 0 Å². The van der Waals surface area contributed by atoms with E-state index >= 15 is 0 Å². The minimum absolute atomic E-state index is 0.288. The normalized spacial score (nSPS) is 8.92. The molecule has 4 N–H and O–H groups in total. The van der Waals surface area contributed by atoms with E-state index in [2.05, 4.69) is 9.99 Å². The molecule has 0 fully saturated rings. The number of rotatable bonds is 2. The number of nitrogens with zero attached hydrogens (tertiary/aromatic N) is 1. The molecule has 0 atom stereocenters. The average molecular weight is 179 g/mol. The van der Waals surface area contributed by atoms with Gasteiger partial charge >= 0.3 is 5.97 Å². The highest BCUT2D eigenvalue weighted by molar-refractivity contribution is 5.89. The summed E-state index contributed by atoms with van der Waals surface area (Å²) in [6.45, 7) is 0. The Hall–Kier alpha value is -2.04. The van der Waals surface area contributed by atoms with E-state index in [1.807, 2.05) is 0 Å². The third-order valence-corrected chi connectivity index (χ3v) is 1.24. The summed E-state index contributed by atoms with van der Waals surface area (Å²) in [6, 6.07) is 8.42. The van der Waals surface area contributed by atoms with Crippen LogP contribution in [0.3, 0.4) is 0 Å². The molecule has 0 unspecified atom stereocenters. The monoisotopic (exact) mass is 179 g/mol. The van der Waals surface area contributed by atoms with Crippen molar-refractivity contribution in [2.75, 3.05) is 0 Å². The second-order valence-corrected chi connectivity index (χ2v) is 2.26. The zero-order valence-corrected chi connectivity index (χ0v) is 6.81. The summed E-state index contributed by atoms with van der Waals surface area (Å²) in [5.74, 6) is -0.877. The van der Waals surface area contributed by atoms with Crippen LogP contribution in [0.2, 0.25) is 0 Å². The Kier molecular flexibility index (Phi) is 2.86. The van der Waals surface area contributed by atoms with Crippen molar-refractivity contribution in [1.82, 2.24) is 0 Å². The Morgan fingerprint density at radius 1 is 1.23 bits per heavy atom. The first-order valence-corrected chi connectivity index (χ1v) is 3.55. The molecule has 0 aliphatic heterocycles. The van der Waals surface area contributed by atoms with Crippen LogP contribution in [-0.2, 0) is 4.84 Å². The van der Waals surface area contributed by atoms with Gasteiger partial charge in [0.05, 0.1) is 5.56 Å². The molecule has 0 saturated carbocycles. The van der Waals surface area contributed by atoms with Crippen LogP contribution >= 0.6 is 0 Å². The van der Waals surface area contributed by atoms with Gasteiger partial charge in [0.25, 0.3) is 0 Å². The predicted molar refractivity (Wildman–Crippen MR) is 47.7 cm³/mol. The summed E-state index contributed by atoms with van der Waals surface area (Å²) in [5, 5.41) is 3.12. The van der Waals surface area contributed by atoms with Gasteiger partial charge in [0, 0.05) is 0 Å². The lowest BCUT2D eigenvalue weighted by Crippen LogP contribution is -2.23. The molecule has 1 aromatic carbocycles. The molecule has 0 heterocycles. The lowest BCUT2D eigenvalue weighted by Gasteiger charge is -1.96. The molecule has 0 aliphatic rings. The van der Waals surface area contributed by atoms with E-state index < -0.39 is 5.97 Å². The molecular formula is C8H9N3O2. The predicted octanol–water partition coefficient (Wildman–Crippen LogP) is 0.0318. The van der Waals surface area contributed by atoms with Crippen molar-refractivity contribution in [3.05, 3.63) is 35.9 Å². The maximum absolute atomic E-state index is 11.1. The number of carbonyl (C=O) groups is 1. The van der Waals surface area contributed by atoms with Crippen LogP contribution in [0.15, 0.2) is 35.5 Å². The molecule has 68 valence electrons. The number of oxime groups is 1. The van der Waals surface area contributed by atoms with Crippen molar-refractivity contribution in [3.8, 4) is 0 Å². The minimum Gasteiger partial charge on any atom is -0.367 e. The number of hydrogen-bond donors (Lipinski definition) is 2. The third kappa shape index (κ3) is 2.82. The molecular weight excluding hydrogens is 170 g/mol. The molecule has 0 aliphatic carbocycles. The van der Waals surface area contributed by atoms with Gasteiger partial charge in [-0.1, -0.05) is 18.2 Å². The molecule has 5 heteroatoms. The van der Waals surface area contributed by atoms with Gasteiger partial charge in [0.15, 0.2) is 0 Å². The van der Waals surface area contributed by atoms with Crippen LogP contribution in [0.5, 0.6) is 0 Å². The Morgan fingerprint density at radius 2 is 1.85 bits per heavy atom. The topological polar surface area (TPSA) is 90.7 Å². The molecule has 0 bridgehead atoms. The fourth-order valence-corrected chi connectivity index (χ4v) is 0.721. The van der Waals surface area contributed by atoms with E-state index in [4.69, 9.17) is 11.5 Å². The maximum atomic E-state index is 11.1. The average Bonchev–Trinajstić information content (AvgIpc) is 2.15. The molecule has 1 aromatic rings. The Bertz CT molecular complexity index is 317. The minimum atomic E-state index is -0.589. The second kappa shape index (κ2) is 4.10. The zero-order valence-electron chi connectivity index (χ0n) is 6.81. The number of hydrogen-bond acceptors (Lipinski definition) is 3. The fraction of sp³-hybridized carbons (Fsp3) is 0. The Labute approximate surface area is 75.0 Å². The van der Waals surface area contributed by atoms with E-state index in [1.165, 1.54) is 0 Å². The Balaban J connectivity index is 2.65. The Morgan fingerprint density at radius 3 is 2.38 bits per heavy atom. The van der Waals surface area contributed by atoms with Crippen LogP contribution < -0.4 is 11.5 Å². The van der Waals surface area contributed by atoms with Gasteiger partial charge in [-0.05, 0) is 17.3 Å². The van der Waals surface area contributed by atoms with Crippen LogP contribution in [0.4, 0.5) is 0 Å². The molecule has 1 rings (SSSR count). The highest BCUT2D eigenvalue weighted by atomic mass is 16.7. The highest BCUT2D eigenvalue weighted by Crippen LogP contribution is 2.00. The number of guanidine groups is 1. The molecule has 0 amide bonds. The SMILES string of the molecule is NC(N)=NOC(=O)c1ccccc1. The highest BCUT2D eigenvalue weighted by Gasteiger charge is 2.04. The van der Waals surface area contributed by atoms with Crippen molar-refractivity contribution < 1.29 is 9.63 Å². The number of benzene rings is 1. The third-order valence-electron chi connectivity index (χ3n) is 1.24. The van der Waals surface area contributed by atoms with Gasteiger partial charge in [0.2, 0.25) is 5.96 Å². The van der Waals surface area contributed by atoms with Crippen LogP contribution in [0, 0.1) is 0 Å². The summed E-state index contributed by atoms with van der Waals surface area (Å²) in [6.07, 6.45) is 0. The first-order valence-electron chi connectivity index (χ1n) is 3.55. The van der Waals surface area contributed by atoms with Crippen molar-refractivity contribution in [2.45, 2.75) is 0 Å². The summed E-state index contributed by atoms with van der Waals surface area (Å²) >= 11 is 0. The molecule has 13 heavy (non-hydrogen) atoms. The van der Waals surface area contributed by atoms with Gasteiger partial charge in [-0.3, -0.25) is 0 Å². The summed E-state index contributed by atoms with van der Waals surface area (Å²) in [4.78, 5) is 15.5. The van der Waals surface area contributed by atoms with Gasteiger partial charge in [-0.25, -0.2) is 4.79 Å². The molecule has 5 nitrogen and oxygen atoms in total. The van der Waals surface area contributed by atoms with E-state index in [1.54, 1.807) is 30.3 Å². The van der Waals surface area contributed by atoms with Crippen LogP contribution in [0.1, 0.15) is 10.4 Å². The van der Waals surface area contributed by atoms with Gasteiger partial charge in [0.1, 0.15) is 0 Å². The van der Waals surface area contributed by atoms with E-state index in [0.29, 0.717) is 5.56 Å². The zero-order chi connectivity index (χ0) is 9.68. The van der Waals surface area contributed by atoms with Crippen LogP contribution in [-0.4, -0.2) is 11.9 Å². The lowest BCUT2D eigenvalue weighted by atomic mass is 10.2. The van der Waals surface area contributed by atoms with Gasteiger partial charge < -0.3 is 16.3 Å². The molecule has 0 saturated heterocycles. The number of carbonyl (C=O) groups excluding carboxylic acids is 1. The van der Waals surface area contributed by atoms with E-state index in [0.717, 1.165) is 0 Å². The summed E-state index contributed by atoms with van der Waals surface area (Å²) in [7, 11) is 0. The van der Waals surface area contributed by atoms with Crippen LogP contribution in [0.25, 0.3) is 0 Å². The second-order valence-electron chi connectivity index (χ2n) is 2.26. The summed E-state index contributed by atoms with van der Waals surface area (Å²) in [5.41, 5.74) is 10.3. The largest absolute Gasteiger partial charge is 0.367 e. The summed E-state index contributed by atoms with van der Waals surface area (Å²) < 4.78 is 0. The van der Waals surface area contributed by atoms with E-state index in [9.17, 15) is 4.79 Å². The molecule has 0 radical (unpaired) electrons. The van der Waals surface area contributed by atoms with E-state index in [-0.39, 0.29) is 5.96 Å². The lowest BCUT2D eigenvalue weighted by molar-refractivity contribution is 0.0515. The molecule has 0 aromatic heterocycles. The molecule has 0 spiro atoms. The van der Waals surface area contributed by atoms with Gasteiger partial charge in [-0.15, -0.1) is 0 Å². The quantitative estimate of drug-likeness (QED) is 0.290. The standard InChI is InChI=1S/C8H9N3O2/c9-8(10)11-13-7(12)6-4-2-1-3-5-6/h1-5H,(H4,9,10,11). The van der Waals surface area contributed by atoms with Crippen molar-refractivity contribution in [2.24, 2.45) is 16.6 Å². The van der Waals surface area contributed by atoms with Crippen molar-refractivity contribution in [3.63, 3.8) is 0 Å². The maximum Gasteiger partial charge on any atom is 0.365 e. The van der Waals surface area contributed by atoms with Gasteiger partial charge in [-0.2, -0.15) is 0 Å².